The summed E-state index contributed by atoms with van der Waals surface area (Å²) in [6.45, 7) is 6.27. The Hall–Kier alpha value is -1.29. The van der Waals surface area contributed by atoms with E-state index in [9.17, 15) is 0 Å². The van der Waals surface area contributed by atoms with Crippen molar-refractivity contribution in [3.8, 4) is 5.69 Å². The molecular formula is C13H16BrN3. The first-order chi connectivity index (χ1) is 7.99. The molecule has 2 aromatic rings. The Kier molecular flexibility index (Phi) is 3.24. The molecule has 0 radical (unpaired) electrons. The average Bonchev–Trinajstić information content (AvgIpc) is 2.72. The lowest BCUT2D eigenvalue weighted by molar-refractivity contribution is 0.767. The van der Waals surface area contributed by atoms with Crippen molar-refractivity contribution in [2.45, 2.75) is 26.7 Å². The number of benzene rings is 1. The van der Waals surface area contributed by atoms with Gasteiger partial charge in [-0.25, -0.2) is 4.68 Å². The van der Waals surface area contributed by atoms with E-state index >= 15 is 0 Å². The van der Waals surface area contributed by atoms with Crippen LogP contribution in [-0.4, -0.2) is 9.78 Å². The van der Waals surface area contributed by atoms with E-state index in [1.54, 1.807) is 0 Å². The minimum atomic E-state index is 0.435. The average molecular weight is 294 g/mol. The van der Waals surface area contributed by atoms with E-state index in [2.05, 4.69) is 34.9 Å². The summed E-state index contributed by atoms with van der Waals surface area (Å²) < 4.78 is 2.84. The van der Waals surface area contributed by atoms with Gasteiger partial charge in [-0.15, -0.1) is 0 Å². The van der Waals surface area contributed by atoms with Crippen LogP contribution in [0, 0.1) is 6.92 Å². The van der Waals surface area contributed by atoms with Gasteiger partial charge < -0.3 is 5.73 Å². The number of aromatic nitrogens is 2. The van der Waals surface area contributed by atoms with Crippen LogP contribution in [0.25, 0.3) is 5.69 Å². The molecule has 0 amide bonds. The van der Waals surface area contributed by atoms with Gasteiger partial charge in [0.2, 0.25) is 0 Å². The number of anilines is 1. The first-order valence-electron chi connectivity index (χ1n) is 5.60. The molecule has 2 rings (SSSR count). The Bertz CT molecular complexity index is 544. The maximum Gasteiger partial charge on any atom is 0.0791 e. The van der Waals surface area contributed by atoms with Crippen molar-refractivity contribution in [1.82, 2.24) is 9.78 Å². The van der Waals surface area contributed by atoms with E-state index in [0.717, 1.165) is 27.1 Å². The van der Waals surface area contributed by atoms with Gasteiger partial charge in [-0.2, -0.15) is 5.10 Å². The number of aryl methyl sites for hydroxylation is 1. The van der Waals surface area contributed by atoms with Gasteiger partial charge in [-0.3, -0.25) is 0 Å². The highest BCUT2D eigenvalue weighted by atomic mass is 79.9. The second kappa shape index (κ2) is 4.53. The molecule has 0 saturated heterocycles. The highest BCUT2D eigenvalue weighted by Gasteiger charge is 2.09. The molecule has 1 aromatic carbocycles. The van der Waals surface area contributed by atoms with Crippen molar-refractivity contribution in [3.05, 3.63) is 40.1 Å². The normalized spacial score (nSPS) is 11.1. The summed E-state index contributed by atoms with van der Waals surface area (Å²) in [5.74, 6) is 0.435. The van der Waals surface area contributed by atoms with Gasteiger partial charge in [-0.05, 0) is 52.5 Å². The lowest BCUT2D eigenvalue weighted by Crippen LogP contribution is -2.00. The monoisotopic (exact) mass is 293 g/mol. The Morgan fingerprint density at radius 1 is 1.35 bits per heavy atom. The van der Waals surface area contributed by atoms with Gasteiger partial charge in [0.15, 0.2) is 0 Å². The van der Waals surface area contributed by atoms with Crippen molar-refractivity contribution in [2.24, 2.45) is 0 Å². The fraction of sp³-hybridized carbons (Fsp3) is 0.308. The van der Waals surface area contributed by atoms with Crippen molar-refractivity contribution in [1.29, 1.82) is 0 Å². The second-order valence-corrected chi connectivity index (χ2v) is 5.35. The van der Waals surface area contributed by atoms with E-state index < -0.39 is 0 Å². The summed E-state index contributed by atoms with van der Waals surface area (Å²) in [5.41, 5.74) is 9.82. The molecule has 0 aliphatic heterocycles. The predicted molar refractivity (Wildman–Crippen MR) is 74.5 cm³/mol. The summed E-state index contributed by atoms with van der Waals surface area (Å²) in [7, 11) is 0. The molecule has 0 saturated carbocycles. The maximum atomic E-state index is 5.86. The topological polar surface area (TPSA) is 43.8 Å². The van der Waals surface area contributed by atoms with Crippen LogP contribution in [-0.2, 0) is 0 Å². The largest absolute Gasteiger partial charge is 0.398 e. The fourth-order valence-electron chi connectivity index (χ4n) is 1.64. The van der Waals surface area contributed by atoms with Gasteiger partial charge in [0.25, 0.3) is 0 Å². The summed E-state index contributed by atoms with van der Waals surface area (Å²) >= 11 is 3.52. The number of nitrogens with two attached hydrogens (primary N) is 1. The number of rotatable bonds is 2. The summed E-state index contributed by atoms with van der Waals surface area (Å²) in [5, 5.41) is 4.56. The first kappa shape index (κ1) is 12.2. The lowest BCUT2D eigenvalue weighted by Gasteiger charge is -2.08. The summed E-state index contributed by atoms with van der Waals surface area (Å²) in [4.78, 5) is 0. The van der Waals surface area contributed by atoms with E-state index in [0.29, 0.717) is 5.92 Å². The van der Waals surface area contributed by atoms with Gasteiger partial charge in [0, 0.05) is 16.4 Å². The van der Waals surface area contributed by atoms with Gasteiger partial charge in [0.1, 0.15) is 0 Å². The van der Waals surface area contributed by atoms with Crippen LogP contribution in [0.3, 0.4) is 0 Å². The highest BCUT2D eigenvalue weighted by Crippen LogP contribution is 2.26. The second-order valence-electron chi connectivity index (χ2n) is 4.50. The van der Waals surface area contributed by atoms with Crippen LogP contribution >= 0.6 is 15.9 Å². The molecule has 2 N–H and O–H groups in total. The smallest absolute Gasteiger partial charge is 0.0791 e. The quantitative estimate of drug-likeness (QED) is 0.859. The van der Waals surface area contributed by atoms with Gasteiger partial charge in [-0.1, -0.05) is 13.8 Å². The minimum absolute atomic E-state index is 0.435. The number of nitrogens with zero attached hydrogens (tertiary/aromatic N) is 2. The Labute approximate surface area is 110 Å². The molecule has 1 aromatic heterocycles. The third-order valence-electron chi connectivity index (χ3n) is 2.78. The molecule has 0 bridgehead atoms. The number of nitrogen functional groups attached to an aromatic ring is 1. The standard InChI is InChI=1S/C13H16BrN3/c1-8(2)12-4-5-17(16-12)13-6-9(3)11(15)7-10(13)14/h4-8H,15H2,1-3H3. The number of halogens is 1. The molecule has 0 fully saturated rings. The SMILES string of the molecule is Cc1cc(-n2ccc(C(C)C)n2)c(Br)cc1N. The third kappa shape index (κ3) is 2.36. The van der Waals surface area contributed by atoms with E-state index in [1.807, 2.05) is 36.0 Å². The molecule has 90 valence electrons. The summed E-state index contributed by atoms with van der Waals surface area (Å²) in [6.07, 6.45) is 1.98. The molecule has 0 aliphatic carbocycles. The summed E-state index contributed by atoms with van der Waals surface area (Å²) in [6, 6.07) is 6.00. The number of hydrogen-bond donors (Lipinski definition) is 1. The van der Waals surface area contributed by atoms with E-state index in [1.165, 1.54) is 0 Å². The molecule has 0 spiro atoms. The Morgan fingerprint density at radius 2 is 2.06 bits per heavy atom. The molecule has 1 heterocycles. The van der Waals surface area contributed by atoms with Crippen LogP contribution in [0.2, 0.25) is 0 Å². The molecule has 0 unspecified atom stereocenters. The van der Waals surface area contributed by atoms with Gasteiger partial charge >= 0.3 is 0 Å². The van der Waals surface area contributed by atoms with Crippen LogP contribution in [0.5, 0.6) is 0 Å². The highest BCUT2D eigenvalue weighted by molar-refractivity contribution is 9.10. The number of hydrogen-bond acceptors (Lipinski definition) is 2. The van der Waals surface area contributed by atoms with Crippen molar-refractivity contribution < 1.29 is 0 Å². The van der Waals surface area contributed by atoms with Crippen LogP contribution in [0.4, 0.5) is 5.69 Å². The maximum absolute atomic E-state index is 5.86. The molecule has 0 atom stereocenters. The third-order valence-corrected chi connectivity index (χ3v) is 3.42. The van der Waals surface area contributed by atoms with Crippen molar-refractivity contribution in [2.75, 3.05) is 5.73 Å². The molecule has 4 heteroatoms. The Balaban J connectivity index is 2.49. The zero-order valence-corrected chi connectivity index (χ0v) is 11.8. The molecular weight excluding hydrogens is 278 g/mol. The zero-order chi connectivity index (χ0) is 12.6. The van der Waals surface area contributed by atoms with Crippen molar-refractivity contribution in [3.63, 3.8) is 0 Å². The zero-order valence-electron chi connectivity index (χ0n) is 10.2. The predicted octanol–water partition coefficient (Wildman–Crippen LogP) is 3.65. The lowest BCUT2D eigenvalue weighted by atomic mass is 10.1. The Morgan fingerprint density at radius 3 is 2.65 bits per heavy atom. The fourth-order valence-corrected chi connectivity index (χ4v) is 2.18. The van der Waals surface area contributed by atoms with Crippen LogP contribution < -0.4 is 5.73 Å². The molecule has 0 aliphatic rings. The van der Waals surface area contributed by atoms with Crippen LogP contribution in [0.15, 0.2) is 28.9 Å². The molecule has 3 nitrogen and oxygen atoms in total. The van der Waals surface area contributed by atoms with Gasteiger partial charge in [0.05, 0.1) is 11.4 Å². The van der Waals surface area contributed by atoms with Crippen molar-refractivity contribution >= 4 is 21.6 Å². The van der Waals surface area contributed by atoms with E-state index in [4.69, 9.17) is 5.73 Å². The van der Waals surface area contributed by atoms with E-state index in [-0.39, 0.29) is 0 Å². The first-order valence-corrected chi connectivity index (χ1v) is 6.40. The van der Waals surface area contributed by atoms with Crippen LogP contribution in [0.1, 0.15) is 31.0 Å². The molecule has 17 heavy (non-hydrogen) atoms. The minimum Gasteiger partial charge on any atom is -0.398 e.